The Bertz CT molecular complexity index is 623. The van der Waals surface area contributed by atoms with Crippen molar-refractivity contribution >= 4 is 15.7 Å². The zero-order valence-corrected chi connectivity index (χ0v) is 11.0. The molecule has 7 heteroatoms. The molecule has 19 heavy (non-hydrogen) atoms. The third kappa shape index (κ3) is 3.49. The van der Waals surface area contributed by atoms with Crippen molar-refractivity contribution in [1.82, 2.24) is 4.98 Å². The van der Waals surface area contributed by atoms with E-state index in [4.69, 9.17) is 10.5 Å². The molecule has 0 amide bonds. The Labute approximate surface area is 111 Å². The number of sulfonamides is 1. The number of H-pyrrole nitrogens is 1. The molecule has 0 spiro atoms. The van der Waals surface area contributed by atoms with E-state index in [1.807, 2.05) is 0 Å². The molecule has 0 saturated carbocycles. The van der Waals surface area contributed by atoms with Gasteiger partial charge in [0, 0.05) is 25.0 Å². The average molecular weight is 281 g/mol. The quantitative estimate of drug-likeness (QED) is 0.740. The Kier molecular flexibility index (Phi) is 4.08. The molecule has 0 aliphatic heterocycles. The van der Waals surface area contributed by atoms with Crippen LogP contribution in [0.25, 0.3) is 0 Å². The Morgan fingerprint density at radius 1 is 1.32 bits per heavy atom. The molecule has 1 aromatic carbocycles. The van der Waals surface area contributed by atoms with Crippen LogP contribution in [0.15, 0.2) is 47.6 Å². The van der Waals surface area contributed by atoms with Crippen molar-refractivity contribution in [1.29, 1.82) is 0 Å². The van der Waals surface area contributed by atoms with Crippen LogP contribution in [0.4, 0.5) is 5.69 Å². The van der Waals surface area contributed by atoms with Gasteiger partial charge in [0.1, 0.15) is 17.3 Å². The van der Waals surface area contributed by atoms with E-state index in [0.29, 0.717) is 24.6 Å². The molecule has 0 aliphatic rings. The van der Waals surface area contributed by atoms with Crippen LogP contribution < -0.4 is 15.2 Å². The molecule has 0 unspecified atom stereocenters. The van der Waals surface area contributed by atoms with E-state index >= 15 is 0 Å². The van der Waals surface area contributed by atoms with E-state index in [2.05, 4.69) is 9.71 Å². The molecule has 1 aromatic heterocycles. The van der Waals surface area contributed by atoms with Gasteiger partial charge in [-0.25, -0.2) is 8.42 Å². The maximum Gasteiger partial charge on any atom is 0.263 e. The van der Waals surface area contributed by atoms with Gasteiger partial charge in [0.25, 0.3) is 10.0 Å². The van der Waals surface area contributed by atoms with Crippen molar-refractivity contribution in [2.75, 3.05) is 17.9 Å². The predicted molar refractivity (Wildman–Crippen MR) is 72.6 cm³/mol. The largest absolute Gasteiger partial charge is 0.492 e. The number of benzene rings is 1. The van der Waals surface area contributed by atoms with Crippen molar-refractivity contribution in [3.63, 3.8) is 0 Å². The molecular weight excluding hydrogens is 266 g/mol. The number of nitrogens with two attached hydrogens (primary N) is 1. The number of aromatic nitrogens is 1. The summed E-state index contributed by atoms with van der Waals surface area (Å²) in [5.41, 5.74) is 5.78. The van der Waals surface area contributed by atoms with Gasteiger partial charge in [-0.15, -0.1) is 0 Å². The maximum absolute atomic E-state index is 12.0. The van der Waals surface area contributed by atoms with E-state index in [-0.39, 0.29) is 4.90 Å². The molecule has 2 aromatic rings. The van der Waals surface area contributed by atoms with Crippen LogP contribution in [0.5, 0.6) is 5.75 Å². The highest BCUT2D eigenvalue weighted by atomic mass is 32.2. The van der Waals surface area contributed by atoms with Crippen LogP contribution in [0.2, 0.25) is 0 Å². The highest BCUT2D eigenvalue weighted by Gasteiger charge is 2.14. The zero-order valence-electron chi connectivity index (χ0n) is 10.2. The molecule has 0 fully saturated rings. The summed E-state index contributed by atoms with van der Waals surface area (Å²) >= 11 is 0. The van der Waals surface area contributed by atoms with Gasteiger partial charge in [-0.2, -0.15) is 0 Å². The molecule has 0 atom stereocenters. The van der Waals surface area contributed by atoms with Crippen LogP contribution in [0.3, 0.4) is 0 Å². The van der Waals surface area contributed by atoms with Gasteiger partial charge >= 0.3 is 0 Å². The minimum atomic E-state index is -3.57. The Hall–Kier alpha value is -1.99. The van der Waals surface area contributed by atoms with Crippen molar-refractivity contribution in [2.24, 2.45) is 5.73 Å². The summed E-state index contributed by atoms with van der Waals surface area (Å²) in [6.45, 7) is 0.785. The second-order valence-electron chi connectivity index (χ2n) is 3.82. The number of rotatable bonds is 6. The third-order valence-electron chi connectivity index (χ3n) is 2.35. The Morgan fingerprint density at radius 2 is 2.16 bits per heavy atom. The minimum absolute atomic E-state index is 0.181. The van der Waals surface area contributed by atoms with Gasteiger partial charge in [0.15, 0.2) is 0 Å². The van der Waals surface area contributed by atoms with E-state index in [1.165, 1.54) is 12.3 Å². The van der Waals surface area contributed by atoms with Crippen molar-refractivity contribution < 1.29 is 13.2 Å². The van der Waals surface area contributed by atoms with Crippen LogP contribution in [-0.4, -0.2) is 26.6 Å². The first-order chi connectivity index (χ1) is 9.12. The smallest absolute Gasteiger partial charge is 0.263 e. The van der Waals surface area contributed by atoms with Gasteiger partial charge in [0.2, 0.25) is 0 Å². The number of hydrogen-bond acceptors (Lipinski definition) is 4. The molecule has 6 nitrogen and oxygen atoms in total. The number of ether oxygens (including phenoxy) is 1. The lowest BCUT2D eigenvalue weighted by Gasteiger charge is -2.09. The van der Waals surface area contributed by atoms with Gasteiger partial charge < -0.3 is 15.5 Å². The second kappa shape index (κ2) is 5.77. The minimum Gasteiger partial charge on any atom is -0.492 e. The lowest BCUT2D eigenvalue weighted by Crippen LogP contribution is -2.13. The molecule has 0 bridgehead atoms. The molecule has 1 heterocycles. The highest BCUT2D eigenvalue weighted by molar-refractivity contribution is 7.92. The second-order valence-corrected chi connectivity index (χ2v) is 5.50. The molecule has 2 rings (SSSR count). The van der Waals surface area contributed by atoms with Crippen molar-refractivity contribution in [2.45, 2.75) is 4.90 Å². The average Bonchev–Trinajstić information content (AvgIpc) is 2.91. The van der Waals surface area contributed by atoms with Gasteiger partial charge in [0.05, 0.1) is 5.69 Å². The standard InChI is InChI=1S/C12H15N3O3S/c13-5-7-18-11-3-1-2-10(8-11)15-19(16,17)12-4-6-14-9-12/h1-4,6,8-9,14-15H,5,7,13H2. The fourth-order valence-corrected chi connectivity index (χ4v) is 2.54. The summed E-state index contributed by atoms with van der Waals surface area (Å²) in [4.78, 5) is 2.88. The summed E-state index contributed by atoms with van der Waals surface area (Å²) in [6, 6.07) is 8.20. The van der Waals surface area contributed by atoms with Crippen LogP contribution in [-0.2, 0) is 10.0 Å². The Morgan fingerprint density at radius 3 is 2.84 bits per heavy atom. The number of anilines is 1. The highest BCUT2D eigenvalue weighted by Crippen LogP contribution is 2.20. The molecule has 4 N–H and O–H groups in total. The molecule has 0 saturated heterocycles. The number of hydrogen-bond donors (Lipinski definition) is 3. The number of aromatic amines is 1. The molecule has 102 valence electrons. The van der Waals surface area contributed by atoms with Crippen molar-refractivity contribution in [3.8, 4) is 5.75 Å². The number of nitrogens with one attached hydrogen (secondary N) is 2. The third-order valence-corrected chi connectivity index (χ3v) is 3.73. The molecular formula is C12H15N3O3S. The maximum atomic E-state index is 12.0. The van der Waals surface area contributed by atoms with E-state index < -0.39 is 10.0 Å². The van der Waals surface area contributed by atoms with Gasteiger partial charge in [-0.3, -0.25) is 4.72 Å². The summed E-state index contributed by atoms with van der Waals surface area (Å²) in [5, 5.41) is 0. The van der Waals surface area contributed by atoms with Crippen LogP contribution >= 0.6 is 0 Å². The summed E-state index contributed by atoms with van der Waals surface area (Å²) in [6.07, 6.45) is 2.96. The van der Waals surface area contributed by atoms with E-state index in [0.717, 1.165) is 0 Å². The molecule has 0 aliphatic carbocycles. The predicted octanol–water partition coefficient (Wildman–Crippen LogP) is 1.15. The topological polar surface area (TPSA) is 97.2 Å². The normalized spacial score (nSPS) is 11.2. The molecule has 0 radical (unpaired) electrons. The van der Waals surface area contributed by atoms with Gasteiger partial charge in [-0.1, -0.05) is 6.07 Å². The van der Waals surface area contributed by atoms with Crippen molar-refractivity contribution in [3.05, 3.63) is 42.7 Å². The fourth-order valence-electron chi connectivity index (χ4n) is 1.52. The summed E-state index contributed by atoms with van der Waals surface area (Å²) in [7, 11) is -3.57. The summed E-state index contributed by atoms with van der Waals surface area (Å²) in [5.74, 6) is 0.569. The SMILES string of the molecule is NCCOc1cccc(NS(=O)(=O)c2cc[nH]c2)c1. The lowest BCUT2D eigenvalue weighted by molar-refractivity contribution is 0.328. The first-order valence-corrected chi connectivity index (χ1v) is 7.19. The van der Waals surface area contributed by atoms with Gasteiger partial charge in [-0.05, 0) is 18.2 Å². The zero-order chi connectivity index (χ0) is 13.7. The lowest BCUT2D eigenvalue weighted by atomic mass is 10.3. The summed E-state index contributed by atoms with van der Waals surface area (Å²) < 4.78 is 31.8. The first-order valence-electron chi connectivity index (χ1n) is 5.70. The van der Waals surface area contributed by atoms with Crippen LogP contribution in [0, 0.1) is 0 Å². The first kappa shape index (κ1) is 13.4. The Balaban J connectivity index is 2.15. The fraction of sp³-hybridized carbons (Fsp3) is 0.167. The van der Waals surface area contributed by atoms with Crippen LogP contribution in [0.1, 0.15) is 0 Å². The van der Waals surface area contributed by atoms with E-state index in [1.54, 1.807) is 30.5 Å². The van der Waals surface area contributed by atoms with E-state index in [9.17, 15) is 8.42 Å². The monoisotopic (exact) mass is 281 g/mol.